The lowest BCUT2D eigenvalue weighted by Crippen LogP contribution is -2.55. The molecule has 0 saturated carbocycles. The lowest BCUT2D eigenvalue weighted by molar-refractivity contribution is -0.146. The number of hydrogen-bond donors (Lipinski definition) is 1. The maximum Gasteiger partial charge on any atom is 0.324 e. The fraction of sp³-hybridized carbons (Fsp3) is 0.900. The van der Waals surface area contributed by atoms with E-state index in [1.54, 1.807) is 13.8 Å². The second-order valence-corrected chi connectivity index (χ2v) is 6.78. The van der Waals surface area contributed by atoms with Crippen LogP contribution in [0.5, 0.6) is 0 Å². The summed E-state index contributed by atoms with van der Waals surface area (Å²) in [5.74, 6) is -1.09. The van der Waals surface area contributed by atoms with Gasteiger partial charge in [-0.15, -0.1) is 0 Å². The van der Waals surface area contributed by atoms with Crippen LogP contribution in [-0.2, 0) is 15.0 Å². The molecule has 1 rings (SSSR count). The molecule has 1 unspecified atom stereocenters. The van der Waals surface area contributed by atoms with Crippen LogP contribution in [0.4, 0.5) is 0 Å². The van der Waals surface area contributed by atoms with E-state index in [1.165, 1.54) is 18.3 Å². The van der Waals surface area contributed by atoms with Crippen molar-refractivity contribution < 1.29 is 18.3 Å². The van der Waals surface area contributed by atoms with Crippen molar-refractivity contribution in [2.45, 2.75) is 45.2 Å². The molecule has 1 heterocycles. The molecule has 0 spiro atoms. The van der Waals surface area contributed by atoms with Crippen molar-refractivity contribution in [3.05, 3.63) is 0 Å². The third-order valence-corrected chi connectivity index (χ3v) is 5.70. The van der Waals surface area contributed by atoms with Crippen molar-refractivity contribution in [3.63, 3.8) is 0 Å². The molecule has 1 atom stereocenters. The Kier molecular flexibility index (Phi) is 3.85. The van der Waals surface area contributed by atoms with Gasteiger partial charge in [0, 0.05) is 19.6 Å². The predicted octanol–water partition coefficient (Wildman–Crippen LogP) is 0.510. The molecule has 1 aliphatic heterocycles. The van der Waals surface area contributed by atoms with Gasteiger partial charge in [0.2, 0.25) is 0 Å². The van der Waals surface area contributed by atoms with Gasteiger partial charge in [-0.2, -0.15) is 17.0 Å². The van der Waals surface area contributed by atoms with Crippen LogP contribution in [0.25, 0.3) is 0 Å². The first kappa shape index (κ1) is 14.4. The smallest absolute Gasteiger partial charge is 0.324 e. The summed E-state index contributed by atoms with van der Waals surface area (Å²) in [7, 11) is -2.23. The van der Waals surface area contributed by atoms with Gasteiger partial charge in [-0.1, -0.05) is 0 Å². The summed E-state index contributed by atoms with van der Waals surface area (Å²) in [5, 5.41) is 9.20. The lowest BCUT2D eigenvalue weighted by Gasteiger charge is -2.34. The van der Waals surface area contributed by atoms with Crippen LogP contribution in [0.15, 0.2) is 0 Å². The molecule has 6 nitrogen and oxygen atoms in total. The van der Waals surface area contributed by atoms with Crippen molar-refractivity contribution in [1.29, 1.82) is 0 Å². The van der Waals surface area contributed by atoms with Crippen LogP contribution in [0.2, 0.25) is 0 Å². The minimum absolute atomic E-state index is 0.196. The van der Waals surface area contributed by atoms with E-state index in [0.717, 1.165) is 4.31 Å². The third-order valence-electron chi connectivity index (χ3n) is 3.41. The first-order valence-corrected chi connectivity index (χ1v) is 7.03. The number of carboxylic acids is 1. The molecule has 0 bridgehead atoms. The highest BCUT2D eigenvalue weighted by Crippen LogP contribution is 2.33. The summed E-state index contributed by atoms with van der Waals surface area (Å²) >= 11 is 0. The minimum Gasteiger partial charge on any atom is -0.480 e. The zero-order valence-electron chi connectivity index (χ0n) is 10.7. The first-order valence-electron chi connectivity index (χ1n) is 5.63. The average Bonchev–Trinajstić information content (AvgIpc) is 2.61. The van der Waals surface area contributed by atoms with Crippen molar-refractivity contribution >= 4 is 16.2 Å². The van der Waals surface area contributed by atoms with Crippen LogP contribution >= 0.6 is 0 Å². The average molecular weight is 264 g/mol. The third kappa shape index (κ3) is 2.31. The lowest BCUT2D eigenvalue weighted by atomic mass is 10.0. The molecule has 0 aromatic heterocycles. The first-order chi connectivity index (χ1) is 7.64. The summed E-state index contributed by atoms with van der Waals surface area (Å²) in [6.07, 6.45) is 0.932. The van der Waals surface area contributed by atoms with Crippen LogP contribution in [0.3, 0.4) is 0 Å². The minimum atomic E-state index is -3.70. The molecule has 1 N–H and O–H groups in total. The number of hydrogen-bond acceptors (Lipinski definition) is 3. The van der Waals surface area contributed by atoms with E-state index in [-0.39, 0.29) is 12.6 Å². The van der Waals surface area contributed by atoms with Crippen LogP contribution in [0.1, 0.15) is 33.6 Å². The maximum atomic E-state index is 12.3. The highest BCUT2D eigenvalue weighted by Gasteiger charge is 2.50. The van der Waals surface area contributed by atoms with E-state index in [0.29, 0.717) is 12.8 Å². The van der Waals surface area contributed by atoms with Crippen LogP contribution < -0.4 is 0 Å². The molecule has 17 heavy (non-hydrogen) atoms. The van der Waals surface area contributed by atoms with Gasteiger partial charge in [-0.3, -0.25) is 4.79 Å². The Morgan fingerprint density at radius 3 is 2.41 bits per heavy atom. The molecule has 0 aromatic rings. The molecule has 0 aromatic carbocycles. The summed E-state index contributed by atoms with van der Waals surface area (Å²) in [6, 6.07) is -0.196. The molecule has 0 amide bonds. The number of carbonyl (C=O) groups is 1. The number of rotatable bonds is 4. The van der Waals surface area contributed by atoms with Gasteiger partial charge < -0.3 is 5.11 Å². The van der Waals surface area contributed by atoms with E-state index < -0.39 is 21.7 Å². The summed E-state index contributed by atoms with van der Waals surface area (Å²) in [4.78, 5) is 11.2. The summed E-state index contributed by atoms with van der Waals surface area (Å²) in [5.41, 5.74) is -1.32. The van der Waals surface area contributed by atoms with Gasteiger partial charge in [0.15, 0.2) is 0 Å². The van der Waals surface area contributed by atoms with E-state index >= 15 is 0 Å². The summed E-state index contributed by atoms with van der Waals surface area (Å²) in [6.45, 7) is 5.24. The molecule has 0 aliphatic carbocycles. The zero-order chi connectivity index (χ0) is 13.4. The number of nitrogens with zero attached hydrogens (tertiary/aromatic N) is 2. The Balaban J connectivity index is 3.12. The SMILES string of the molecule is CC(C)N(C)S(=O)(=O)N1CCCC1(C)C(=O)O. The van der Waals surface area contributed by atoms with Crippen molar-refractivity contribution in [2.75, 3.05) is 13.6 Å². The number of aliphatic carboxylic acids is 1. The highest BCUT2D eigenvalue weighted by molar-refractivity contribution is 7.86. The maximum absolute atomic E-state index is 12.3. The second-order valence-electron chi connectivity index (χ2n) is 4.87. The molecule has 7 heteroatoms. The van der Waals surface area contributed by atoms with Crippen molar-refractivity contribution in [3.8, 4) is 0 Å². The fourth-order valence-electron chi connectivity index (χ4n) is 1.94. The predicted molar refractivity (Wildman–Crippen MR) is 63.8 cm³/mol. The van der Waals surface area contributed by atoms with E-state index in [4.69, 9.17) is 0 Å². The Labute approximate surface area is 102 Å². The van der Waals surface area contributed by atoms with E-state index in [1.807, 2.05) is 0 Å². The van der Waals surface area contributed by atoms with Gasteiger partial charge in [0.1, 0.15) is 5.54 Å². The zero-order valence-corrected chi connectivity index (χ0v) is 11.5. The van der Waals surface area contributed by atoms with Gasteiger partial charge in [-0.05, 0) is 33.6 Å². The van der Waals surface area contributed by atoms with Gasteiger partial charge >= 0.3 is 5.97 Å². The largest absolute Gasteiger partial charge is 0.480 e. The quantitative estimate of drug-likeness (QED) is 0.802. The van der Waals surface area contributed by atoms with Gasteiger partial charge in [0.05, 0.1) is 0 Å². The number of carboxylic acid groups (broad SMARTS) is 1. The van der Waals surface area contributed by atoms with Crippen LogP contribution in [0, 0.1) is 0 Å². The molecule has 1 aliphatic rings. The fourth-order valence-corrected chi connectivity index (χ4v) is 3.83. The molecular weight excluding hydrogens is 244 g/mol. The Morgan fingerprint density at radius 2 is 2.00 bits per heavy atom. The van der Waals surface area contributed by atoms with Crippen molar-refractivity contribution in [2.24, 2.45) is 0 Å². The van der Waals surface area contributed by atoms with E-state index in [2.05, 4.69) is 0 Å². The van der Waals surface area contributed by atoms with E-state index in [9.17, 15) is 18.3 Å². The Morgan fingerprint density at radius 1 is 1.47 bits per heavy atom. The molecule has 0 radical (unpaired) electrons. The molecule has 1 fully saturated rings. The molecule has 100 valence electrons. The summed E-state index contributed by atoms with van der Waals surface area (Å²) < 4.78 is 26.9. The normalized spacial score (nSPS) is 26.9. The van der Waals surface area contributed by atoms with Gasteiger partial charge in [-0.25, -0.2) is 0 Å². The standard InChI is InChI=1S/C10H20N2O4S/c1-8(2)11(4)17(15,16)12-7-5-6-10(12,3)9(13)14/h8H,5-7H2,1-4H3,(H,13,14). The second kappa shape index (κ2) is 4.55. The Bertz CT molecular complexity index is 407. The highest BCUT2D eigenvalue weighted by atomic mass is 32.2. The monoisotopic (exact) mass is 264 g/mol. The van der Waals surface area contributed by atoms with Crippen molar-refractivity contribution in [1.82, 2.24) is 8.61 Å². The van der Waals surface area contributed by atoms with Crippen LogP contribution in [-0.4, -0.2) is 53.3 Å². The topological polar surface area (TPSA) is 77.9 Å². The molecular formula is C10H20N2O4S. The van der Waals surface area contributed by atoms with Gasteiger partial charge in [0.25, 0.3) is 10.2 Å². The molecule has 1 saturated heterocycles. The Hall–Kier alpha value is -0.660.